The summed E-state index contributed by atoms with van der Waals surface area (Å²) >= 11 is 0. The van der Waals surface area contributed by atoms with Gasteiger partial charge in [-0.15, -0.1) is 0 Å². The first-order valence-corrected chi connectivity index (χ1v) is 6.07. The van der Waals surface area contributed by atoms with Gasteiger partial charge in [0.2, 0.25) is 0 Å². The number of ether oxygens (including phenoxy) is 2. The number of morpholine rings is 1. The van der Waals surface area contributed by atoms with Crippen molar-refractivity contribution in [3.8, 4) is 0 Å². The van der Waals surface area contributed by atoms with Crippen LogP contribution in [0.15, 0.2) is 18.2 Å². The number of hydrogen-bond acceptors (Lipinski definition) is 4. The van der Waals surface area contributed by atoms with Gasteiger partial charge < -0.3 is 14.4 Å². The lowest BCUT2D eigenvalue weighted by molar-refractivity contribution is 0.122. The van der Waals surface area contributed by atoms with Crippen LogP contribution in [0.25, 0.3) is 0 Å². The van der Waals surface area contributed by atoms with E-state index in [1.165, 1.54) is 25.1 Å². The molecule has 1 aliphatic rings. The summed E-state index contributed by atoms with van der Waals surface area (Å²) in [5, 5.41) is 0. The fourth-order valence-corrected chi connectivity index (χ4v) is 2.01. The normalized spacial score (nSPS) is 15.2. The second-order valence-electron chi connectivity index (χ2n) is 4.26. The monoisotopic (exact) mass is 268 g/mol. The average molecular weight is 268 g/mol. The number of rotatable bonds is 2. The van der Waals surface area contributed by atoms with Crippen LogP contribution in [0.1, 0.15) is 0 Å². The molecule has 104 valence electrons. The molecule has 0 atom stereocenters. The van der Waals surface area contributed by atoms with E-state index in [2.05, 4.69) is 4.74 Å². The first-order chi connectivity index (χ1) is 9.13. The van der Waals surface area contributed by atoms with Gasteiger partial charge in [-0.05, 0) is 18.2 Å². The predicted octanol–water partition coefficient (Wildman–Crippen LogP) is 1.86. The lowest BCUT2D eigenvalue weighted by Gasteiger charge is -2.29. The fraction of sp³-hybridized carbons (Fsp3) is 0.462. The number of carbonyl (C=O) groups excluding carboxylic acids is 1. The summed E-state index contributed by atoms with van der Waals surface area (Å²) in [5.41, 5.74) is 0.992. The van der Waals surface area contributed by atoms with Crippen LogP contribution in [0.5, 0.6) is 0 Å². The van der Waals surface area contributed by atoms with Gasteiger partial charge in [0.15, 0.2) is 0 Å². The Hall–Kier alpha value is -1.82. The van der Waals surface area contributed by atoms with Crippen molar-refractivity contribution < 1.29 is 18.7 Å². The van der Waals surface area contributed by atoms with Gasteiger partial charge in [0.1, 0.15) is 5.82 Å². The van der Waals surface area contributed by atoms with Crippen molar-refractivity contribution in [3.05, 3.63) is 24.0 Å². The molecule has 0 unspecified atom stereocenters. The summed E-state index contributed by atoms with van der Waals surface area (Å²) in [6.45, 7) is 2.54. The molecule has 1 aromatic rings. The first kappa shape index (κ1) is 13.6. The Morgan fingerprint density at radius 3 is 2.68 bits per heavy atom. The number of nitrogens with zero attached hydrogens (tertiary/aromatic N) is 2. The van der Waals surface area contributed by atoms with E-state index in [1.807, 2.05) is 4.90 Å². The molecule has 1 heterocycles. The minimum atomic E-state index is -0.529. The lowest BCUT2D eigenvalue weighted by atomic mass is 10.2. The van der Waals surface area contributed by atoms with E-state index in [0.29, 0.717) is 37.7 Å². The number of halogens is 1. The quantitative estimate of drug-likeness (QED) is 0.821. The van der Waals surface area contributed by atoms with Gasteiger partial charge in [0, 0.05) is 25.8 Å². The molecule has 0 aromatic heterocycles. The number of carbonyl (C=O) groups is 1. The summed E-state index contributed by atoms with van der Waals surface area (Å²) in [4.78, 5) is 14.6. The second-order valence-corrected chi connectivity index (χ2v) is 4.26. The van der Waals surface area contributed by atoms with E-state index in [9.17, 15) is 9.18 Å². The summed E-state index contributed by atoms with van der Waals surface area (Å²) in [7, 11) is 2.83. The molecule has 0 saturated carbocycles. The molecular formula is C13H17FN2O3. The van der Waals surface area contributed by atoms with Crippen molar-refractivity contribution in [1.29, 1.82) is 0 Å². The van der Waals surface area contributed by atoms with Crippen molar-refractivity contribution in [3.63, 3.8) is 0 Å². The SMILES string of the molecule is COC(=O)N(C)c1ccc(N2CCOCC2)c(F)c1. The molecule has 19 heavy (non-hydrogen) atoms. The zero-order chi connectivity index (χ0) is 13.8. The molecule has 0 radical (unpaired) electrons. The Bertz CT molecular complexity index is 461. The maximum absolute atomic E-state index is 14.1. The van der Waals surface area contributed by atoms with Gasteiger partial charge in [-0.2, -0.15) is 0 Å². The summed E-state index contributed by atoms with van der Waals surface area (Å²) in [6.07, 6.45) is -0.529. The van der Waals surface area contributed by atoms with Crippen LogP contribution in [0.3, 0.4) is 0 Å². The van der Waals surface area contributed by atoms with E-state index in [-0.39, 0.29) is 5.82 Å². The minimum absolute atomic E-state index is 0.352. The van der Waals surface area contributed by atoms with Gasteiger partial charge in [-0.25, -0.2) is 9.18 Å². The highest BCUT2D eigenvalue weighted by Crippen LogP contribution is 2.25. The van der Waals surface area contributed by atoms with Gasteiger partial charge in [-0.3, -0.25) is 4.90 Å². The smallest absolute Gasteiger partial charge is 0.413 e. The van der Waals surface area contributed by atoms with Crippen LogP contribution < -0.4 is 9.80 Å². The van der Waals surface area contributed by atoms with E-state index < -0.39 is 6.09 Å². The molecule has 2 rings (SSSR count). The van der Waals surface area contributed by atoms with Gasteiger partial charge in [0.25, 0.3) is 0 Å². The zero-order valence-corrected chi connectivity index (χ0v) is 11.1. The van der Waals surface area contributed by atoms with Crippen LogP contribution in [0.4, 0.5) is 20.6 Å². The number of methoxy groups -OCH3 is 1. The largest absolute Gasteiger partial charge is 0.452 e. The average Bonchev–Trinajstić information content (AvgIpc) is 2.46. The highest BCUT2D eigenvalue weighted by atomic mass is 19.1. The van der Waals surface area contributed by atoms with E-state index in [4.69, 9.17) is 4.74 Å². The molecule has 0 spiro atoms. The molecule has 1 amide bonds. The number of amides is 1. The molecule has 6 heteroatoms. The zero-order valence-electron chi connectivity index (χ0n) is 11.1. The molecule has 0 N–H and O–H groups in total. The van der Waals surface area contributed by atoms with E-state index in [0.717, 1.165) is 0 Å². The van der Waals surface area contributed by atoms with E-state index >= 15 is 0 Å². The molecule has 0 aliphatic carbocycles. The van der Waals surface area contributed by atoms with Crippen molar-refractivity contribution in [1.82, 2.24) is 0 Å². The third-order valence-electron chi connectivity index (χ3n) is 3.12. The summed E-state index contributed by atoms with van der Waals surface area (Å²) in [5.74, 6) is -0.352. The molecule has 0 bridgehead atoms. The molecule has 1 aliphatic heterocycles. The standard InChI is InChI=1S/C13H17FN2O3/c1-15(13(17)18-2)10-3-4-12(11(14)9-10)16-5-7-19-8-6-16/h3-4,9H,5-8H2,1-2H3. The Labute approximate surface area is 111 Å². The van der Waals surface area contributed by atoms with Crippen LogP contribution in [-0.2, 0) is 9.47 Å². The lowest BCUT2D eigenvalue weighted by Crippen LogP contribution is -2.36. The maximum Gasteiger partial charge on any atom is 0.413 e. The fourth-order valence-electron chi connectivity index (χ4n) is 2.01. The predicted molar refractivity (Wildman–Crippen MR) is 70.2 cm³/mol. The highest BCUT2D eigenvalue weighted by Gasteiger charge is 2.17. The van der Waals surface area contributed by atoms with Crippen LogP contribution in [0, 0.1) is 5.82 Å². The third-order valence-corrected chi connectivity index (χ3v) is 3.12. The Balaban J connectivity index is 2.19. The molecule has 1 aromatic carbocycles. The number of anilines is 2. The van der Waals surface area contributed by atoms with Crippen LogP contribution in [0.2, 0.25) is 0 Å². The molecule has 1 fully saturated rings. The van der Waals surface area contributed by atoms with Crippen molar-refractivity contribution in [2.75, 3.05) is 50.3 Å². The van der Waals surface area contributed by atoms with Crippen molar-refractivity contribution in [2.24, 2.45) is 0 Å². The summed E-state index contributed by atoms with van der Waals surface area (Å²) in [6, 6.07) is 4.71. The van der Waals surface area contributed by atoms with Crippen LogP contribution in [-0.4, -0.2) is 46.6 Å². The Morgan fingerprint density at radius 2 is 2.11 bits per heavy atom. The molecular weight excluding hydrogens is 251 g/mol. The summed E-state index contributed by atoms with van der Waals surface area (Å²) < 4.78 is 23.9. The maximum atomic E-state index is 14.1. The molecule has 5 nitrogen and oxygen atoms in total. The highest BCUT2D eigenvalue weighted by molar-refractivity contribution is 5.87. The Kier molecular flexibility index (Phi) is 4.21. The molecule has 1 saturated heterocycles. The van der Waals surface area contributed by atoms with E-state index in [1.54, 1.807) is 12.1 Å². The third kappa shape index (κ3) is 2.96. The number of hydrogen-bond donors (Lipinski definition) is 0. The number of benzene rings is 1. The van der Waals surface area contributed by atoms with Gasteiger partial charge >= 0.3 is 6.09 Å². The Morgan fingerprint density at radius 1 is 1.42 bits per heavy atom. The van der Waals surface area contributed by atoms with Crippen LogP contribution >= 0.6 is 0 Å². The van der Waals surface area contributed by atoms with Crippen molar-refractivity contribution >= 4 is 17.5 Å². The van der Waals surface area contributed by atoms with Gasteiger partial charge in [-0.1, -0.05) is 0 Å². The topological polar surface area (TPSA) is 42.0 Å². The second kappa shape index (κ2) is 5.88. The van der Waals surface area contributed by atoms with Gasteiger partial charge in [0.05, 0.1) is 26.0 Å². The minimum Gasteiger partial charge on any atom is -0.452 e. The van der Waals surface area contributed by atoms with Crippen molar-refractivity contribution in [2.45, 2.75) is 0 Å². The first-order valence-electron chi connectivity index (χ1n) is 6.07.